The Morgan fingerprint density at radius 1 is 1.43 bits per heavy atom. The van der Waals surface area contributed by atoms with Gasteiger partial charge in [0.05, 0.1) is 11.4 Å². The van der Waals surface area contributed by atoms with Gasteiger partial charge in [0.1, 0.15) is 12.2 Å². The highest BCUT2D eigenvalue weighted by Crippen LogP contribution is 2.22. The van der Waals surface area contributed by atoms with Crippen molar-refractivity contribution in [3.05, 3.63) is 41.5 Å². The molecule has 2 aromatic rings. The van der Waals surface area contributed by atoms with Crippen molar-refractivity contribution < 1.29 is 8.42 Å². The molecule has 0 saturated heterocycles. The molecule has 0 atom stereocenters. The smallest absolute Gasteiger partial charge is 0.241 e. The van der Waals surface area contributed by atoms with Gasteiger partial charge in [0, 0.05) is 13.6 Å². The summed E-state index contributed by atoms with van der Waals surface area (Å²) in [6.45, 7) is 1.63. The Bertz CT molecular complexity index is 754. The maximum absolute atomic E-state index is 12.5. The largest absolute Gasteiger partial charge is 0.320 e. The quantitative estimate of drug-likeness (QED) is 0.826. The average Bonchev–Trinajstić information content (AvgIpc) is 2.90. The second-order valence-electron chi connectivity index (χ2n) is 5.00. The van der Waals surface area contributed by atoms with Gasteiger partial charge in [-0.1, -0.05) is 12.1 Å². The molecule has 1 aromatic carbocycles. The molecule has 8 heteroatoms. The molecule has 2 N–H and O–H groups in total. The molecule has 0 radical (unpaired) electrons. The number of sulfonamides is 1. The van der Waals surface area contributed by atoms with Crippen molar-refractivity contribution in [2.24, 2.45) is 7.05 Å². The highest BCUT2D eigenvalue weighted by molar-refractivity contribution is 7.89. The molecule has 0 unspecified atom stereocenters. The summed E-state index contributed by atoms with van der Waals surface area (Å²) in [5.41, 5.74) is 1.95. The SMILES string of the molecule is Cn1cnnc1CNS(=O)(=O)c1cccc2c1CCNC2. The molecule has 7 nitrogen and oxygen atoms in total. The van der Waals surface area contributed by atoms with Gasteiger partial charge >= 0.3 is 0 Å². The molecule has 0 aliphatic carbocycles. The first kappa shape index (κ1) is 14.2. The third kappa shape index (κ3) is 2.82. The Balaban J connectivity index is 1.87. The van der Waals surface area contributed by atoms with Crippen LogP contribution in [0.15, 0.2) is 29.4 Å². The fraction of sp³-hybridized carbons (Fsp3) is 0.385. The number of hydrogen-bond acceptors (Lipinski definition) is 5. The van der Waals surface area contributed by atoms with Gasteiger partial charge in [-0.2, -0.15) is 0 Å². The van der Waals surface area contributed by atoms with Gasteiger partial charge in [-0.05, 0) is 30.2 Å². The van der Waals surface area contributed by atoms with Crippen LogP contribution in [-0.2, 0) is 36.6 Å². The number of nitrogens with one attached hydrogen (secondary N) is 2. The van der Waals surface area contributed by atoms with Crippen molar-refractivity contribution in [3.8, 4) is 0 Å². The van der Waals surface area contributed by atoms with Crippen LogP contribution < -0.4 is 10.0 Å². The van der Waals surface area contributed by atoms with Crippen molar-refractivity contribution in [3.63, 3.8) is 0 Å². The second-order valence-corrected chi connectivity index (χ2v) is 6.74. The lowest BCUT2D eigenvalue weighted by Crippen LogP contribution is -2.29. The minimum absolute atomic E-state index is 0.126. The molecule has 112 valence electrons. The average molecular weight is 307 g/mol. The van der Waals surface area contributed by atoms with Crippen LogP contribution in [0.3, 0.4) is 0 Å². The van der Waals surface area contributed by atoms with E-state index in [0.717, 1.165) is 24.1 Å². The lowest BCUT2D eigenvalue weighted by Gasteiger charge is -2.20. The van der Waals surface area contributed by atoms with Crippen LogP contribution in [-0.4, -0.2) is 29.7 Å². The molecule has 0 saturated carbocycles. The van der Waals surface area contributed by atoms with Crippen molar-refractivity contribution >= 4 is 10.0 Å². The highest BCUT2D eigenvalue weighted by Gasteiger charge is 2.22. The fourth-order valence-electron chi connectivity index (χ4n) is 2.45. The number of aromatic nitrogens is 3. The lowest BCUT2D eigenvalue weighted by atomic mass is 10.0. The van der Waals surface area contributed by atoms with E-state index in [1.807, 2.05) is 6.07 Å². The summed E-state index contributed by atoms with van der Waals surface area (Å²) in [5.74, 6) is 0.574. The van der Waals surface area contributed by atoms with Crippen LogP contribution in [0.2, 0.25) is 0 Å². The summed E-state index contributed by atoms with van der Waals surface area (Å²) < 4.78 is 29.3. The molecular weight excluding hydrogens is 290 g/mol. The molecule has 3 rings (SSSR count). The first-order valence-electron chi connectivity index (χ1n) is 6.72. The molecule has 2 heterocycles. The molecule has 21 heavy (non-hydrogen) atoms. The van der Waals surface area contributed by atoms with E-state index in [9.17, 15) is 8.42 Å². The van der Waals surface area contributed by atoms with Gasteiger partial charge in [-0.15, -0.1) is 10.2 Å². The summed E-state index contributed by atoms with van der Waals surface area (Å²) in [6.07, 6.45) is 2.26. The van der Waals surface area contributed by atoms with E-state index in [1.54, 1.807) is 30.1 Å². The molecule has 0 amide bonds. The Labute approximate surface area is 123 Å². The molecule has 0 spiro atoms. The molecule has 1 aliphatic rings. The zero-order valence-electron chi connectivity index (χ0n) is 11.7. The maximum Gasteiger partial charge on any atom is 0.241 e. The molecular formula is C13H17N5O2S. The minimum Gasteiger partial charge on any atom is -0.320 e. The van der Waals surface area contributed by atoms with Gasteiger partial charge in [-0.3, -0.25) is 0 Å². The predicted molar refractivity (Wildman–Crippen MR) is 76.9 cm³/mol. The zero-order valence-corrected chi connectivity index (χ0v) is 12.5. The monoisotopic (exact) mass is 307 g/mol. The maximum atomic E-state index is 12.5. The lowest BCUT2D eigenvalue weighted by molar-refractivity contribution is 0.572. The Morgan fingerprint density at radius 2 is 2.29 bits per heavy atom. The zero-order chi connectivity index (χ0) is 14.9. The van der Waals surface area contributed by atoms with Crippen LogP contribution in [0, 0.1) is 0 Å². The number of rotatable bonds is 4. The summed E-state index contributed by atoms with van der Waals surface area (Å²) in [5, 5.41) is 10.9. The van der Waals surface area contributed by atoms with Crippen molar-refractivity contribution in [1.82, 2.24) is 24.8 Å². The first-order chi connectivity index (χ1) is 10.1. The normalized spacial score (nSPS) is 14.9. The standard InChI is InChI=1S/C13H17N5O2S/c1-18-9-15-17-13(18)8-16-21(19,20)12-4-2-3-10-7-14-6-5-11(10)12/h2-4,9,14,16H,5-8H2,1H3. The molecule has 1 aliphatic heterocycles. The molecule has 0 bridgehead atoms. The van der Waals surface area contributed by atoms with E-state index in [0.29, 0.717) is 17.3 Å². The van der Waals surface area contributed by atoms with E-state index in [1.165, 1.54) is 0 Å². The number of aryl methyl sites for hydroxylation is 1. The van der Waals surface area contributed by atoms with Crippen LogP contribution in [0.4, 0.5) is 0 Å². The third-order valence-corrected chi connectivity index (χ3v) is 5.10. The van der Waals surface area contributed by atoms with Crippen molar-refractivity contribution in [2.45, 2.75) is 24.4 Å². The second kappa shape index (κ2) is 5.55. The van der Waals surface area contributed by atoms with Crippen LogP contribution in [0.1, 0.15) is 17.0 Å². The first-order valence-corrected chi connectivity index (χ1v) is 8.20. The van der Waals surface area contributed by atoms with E-state index >= 15 is 0 Å². The summed E-state index contributed by atoms with van der Waals surface area (Å²) >= 11 is 0. The van der Waals surface area contributed by atoms with Gasteiger partial charge in [0.25, 0.3) is 0 Å². The number of hydrogen-bond donors (Lipinski definition) is 2. The van der Waals surface area contributed by atoms with Gasteiger partial charge in [0.15, 0.2) is 0 Å². The Kier molecular flexibility index (Phi) is 3.75. The number of fused-ring (bicyclic) bond motifs is 1. The molecule has 0 fully saturated rings. The number of nitrogens with zero attached hydrogens (tertiary/aromatic N) is 3. The van der Waals surface area contributed by atoms with Crippen molar-refractivity contribution in [1.29, 1.82) is 0 Å². The van der Waals surface area contributed by atoms with Crippen molar-refractivity contribution in [2.75, 3.05) is 6.54 Å². The minimum atomic E-state index is -3.55. The highest BCUT2D eigenvalue weighted by atomic mass is 32.2. The summed E-state index contributed by atoms with van der Waals surface area (Å²) in [7, 11) is -1.78. The van der Waals surface area contributed by atoms with E-state index < -0.39 is 10.0 Å². The fourth-order valence-corrected chi connectivity index (χ4v) is 3.74. The summed E-state index contributed by atoms with van der Waals surface area (Å²) in [4.78, 5) is 0.365. The van der Waals surface area contributed by atoms with Gasteiger partial charge in [0.2, 0.25) is 10.0 Å². The Morgan fingerprint density at radius 3 is 3.05 bits per heavy atom. The van der Waals surface area contributed by atoms with Gasteiger partial charge < -0.3 is 9.88 Å². The predicted octanol–water partition coefficient (Wildman–Crippen LogP) is -0.0607. The third-order valence-electron chi connectivity index (χ3n) is 3.61. The van der Waals surface area contributed by atoms with E-state index in [2.05, 4.69) is 20.2 Å². The van der Waals surface area contributed by atoms with Crippen LogP contribution >= 0.6 is 0 Å². The van der Waals surface area contributed by atoms with Gasteiger partial charge in [-0.25, -0.2) is 13.1 Å². The van der Waals surface area contributed by atoms with Crippen LogP contribution in [0.5, 0.6) is 0 Å². The number of benzene rings is 1. The molecule has 1 aromatic heterocycles. The van der Waals surface area contributed by atoms with E-state index in [-0.39, 0.29) is 6.54 Å². The summed E-state index contributed by atoms with van der Waals surface area (Å²) in [6, 6.07) is 5.40. The topological polar surface area (TPSA) is 88.9 Å². The van der Waals surface area contributed by atoms with E-state index in [4.69, 9.17) is 0 Å². The van der Waals surface area contributed by atoms with Crippen LogP contribution in [0.25, 0.3) is 0 Å². The Hall–Kier alpha value is -1.77.